The van der Waals surface area contributed by atoms with Gasteiger partial charge >= 0.3 is 6.03 Å². The molecule has 1 aliphatic carbocycles. The topological polar surface area (TPSA) is 67.2 Å². The fourth-order valence-electron chi connectivity index (χ4n) is 3.48. The van der Waals surface area contributed by atoms with Crippen LogP contribution in [0.2, 0.25) is 10.2 Å². The zero-order chi connectivity index (χ0) is 17.1. The van der Waals surface area contributed by atoms with Crippen LogP contribution in [0.1, 0.15) is 23.4 Å². The molecule has 124 valence electrons. The van der Waals surface area contributed by atoms with Gasteiger partial charge in [-0.25, -0.2) is 9.78 Å². The second-order valence-corrected chi connectivity index (χ2v) is 6.91. The molecule has 0 radical (unpaired) electrons. The van der Waals surface area contributed by atoms with Gasteiger partial charge in [0, 0.05) is 12.1 Å². The van der Waals surface area contributed by atoms with Crippen molar-refractivity contribution in [3.05, 3.63) is 51.5 Å². The molecule has 1 aliphatic heterocycles. The van der Waals surface area contributed by atoms with Crippen molar-refractivity contribution in [1.29, 1.82) is 0 Å². The quantitative estimate of drug-likeness (QED) is 0.832. The predicted molar refractivity (Wildman–Crippen MR) is 88.8 cm³/mol. The molecule has 4 rings (SSSR count). The number of carbonyl (C=O) groups excluding carboxylic acids is 2. The van der Waals surface area contributed by atoms with Crippen LogP contribution in [0, 0.1) is 0 Å². The third kappa shape index (κ3) is 2.06. The molecule has 6 nitrogen and oxygen atoms in total. The lowest BCUT2D eigenvalue weighted by atomic mass is 9.92. The zero-order valence-corrected chi connectivity index (χ0v) is 14.4. The molecular formula is C16H14Cl2N4O2. The van der Waals surface area contributed by atoms with Gasteiger partial charge in [-0.1, -0.05) is 29.3 Å². The lowest BCUT2D eigenvalue weighted by Gasteiger charge is -2.22. The molecule has 1 aromatic carbocycles. The summed E-state index contributed by atoms with van der Waals surface area (Å²) < 4.78 is 1.65. The van der Waals surface area contributed by atoms with Crippen molar-refractivity contribution >= 4 is 35.1 Å². The summed E-state index contributed by atoms with van der Waals surface area (Å²) in [5, 5.41) is 3.95. The van der Waals surface area contributed by atoms with E-state index in [0.29, 0.717) is 28.8 Å². The zero-order valence-electron chi connectivity index (χ0n) is 12.8. The maximum Gasteiger partial charge on any atom is 0.325 e. The van der Waals surface area contributed by atoms with Crippen LogP contribution < -0.4 is 5.32 Å². The number of amides is 3. The first-order chi connectivity index (χ1) is 11.4. The van der Waals surface area contributed by atoms with Crippen LogP contribution in [-0.4, -0.2) is 26.4 Å². The average molecular weight is 365 g/mol. The van der Waals surface area contributed by atoms with Gasteiger partial charge in [-0.05, 0) is 36.1 Å². The molecule has 24 heavy (non-hydrogen) atoms. The van der Waals surface area contributed by atoms with Gasteiger partial charge < -0.3 is 9.88 Å². The summed E-state index contributed by atoms with van der Waals surface area (Å²) in [4.78, 5) is 30.8. The average Bonchev–Trinajstić information content (AvgIpc) is 3.14. The Balaban J connectivity index is 1.69. The summed E-state index contributed by atoms with van der Waals surface area (Å²) in [5.41, 5.74) is 0.829. The molecule has 1 N–H and O–H groups in total. The first kappa shape index (κ1) is 15.5. The van der Waals surface area contributed by atoms with Crippen molar-refractivity contribution in [3.8, 4) is 0 Å². The van der Waals surface area contributed by atoms with Crippen LogP contribution in [0.25, 0.3) is 0 Å². The minimum absolute atomic E-state index is 0.0819. The summed E-state index contributed by atoms with van der Waals surface area (Å²) >= 11 is 12.0. The number of nitrogens with one attached hydrogen (secondary N) is 1. The molecule has 2 aliphatic rings. The third-order valence-electron chi connectivity index (χ3n) is 4.80. The Labute approximate surface area is 148 Å². The van der Waals surface area contributed by atoms with E-state index in [1.807, 2.05) is 12.1 Å². The summed E-state index contributed by atoms with van der Waals surface area (Å²) in [5.74, 6) is 0.294. The van der Waals surface area contributed by atoms with E-state index in [0.717, 1.165) is 11.1 Å². The van der Waals surface area contributed by atoms with Crippen molar-refractivity contribution in [2.45, 2.75) is 24.9 Å². The number of carbonyl (C=O) groups is 2. The molecule has 0 saturated carbocycles. The second-order valence-electron chi connectivity index (χ2n) is 6.08. The molecule has 1 fully saturated rings. The maximum absolute atomic E-state index is 13.0. The van der Waals surface area contributed by atoms with Gasteiger partial charge in [0.05, 0.1) is 12.7 Å². The van der Waals surface area contributed by atoms with Crippen LogP contribution in [0.15, 0.2) is 24.4 Å². The standard InChI is InChI=1S/C16H14Cl2N4O2/c1-21-12(18)7-19-13(21)8-22-14(23)16(20-15(22)24)5-4-9-6-10(17)2-3-11(9)16/h2-3,6-7H,4-5,8H2,1H3,(H,20,24). The molecule has 1 atom stereocenters. The van der Waals surface area contributed by atoms with E-state index in [9.17, 15) is 9.59 Å². The Hall–Kier alpha value is -2.05. The molecule has 8 heteroatoms. The van der Waals surface area contributed by atoms with E-state index < -0.39 is 11.6 Å². The van der Waals surface area contributed by atoms with Crippen LogP contribution in [-0.2, 0) is 30.3 Å². The number of aryl methyl sites for hydroxylation is 1. The van der Waals surface area contributed by atoms with Gasteiger partial charge in [-0.3, -0.25) is 9.69 Å². The second kappa shape index (κ2) is 5.22. The number of imidazole rings is 1. The SMILES string of the molecule is Cn1c(Cl)cnc1CN1C(=O)NC2(CCc3cc(Cl)ccc32)C1=O. The van der Waals surface area contributed by atoms with Gasteiger partial charge in [0.15, 0.2) is 0 Å². The van der Waals surface area contributed by atoms with Crippen molar-refractivity contribution in [1.82, 2.24) is 19.8 Å². The first-order valence-electron chi connectivity index (χ1n) is 7.51. The van der Waals surface area contributed by atoms with E-state index >= 15 is 0 Å². The van der Waals surface area contributed by atoms with Gasteiger partial charge in [0.1, 0.15) is 16.5 Å². The number of hydrogen-bond donors (Lipinski definition) is 1. The molecule has 1 saturated heterocycles. The van der Waals surface area contributed by atoms with Crippen molar-refractivity contribution < 1.29 is 9.59 Å². The molecular weight excluding hydrogens is 351 g/mol. The van der Waals surface area contributed by atoms with E-state index in [-0.39, 0.29) is 12.5 Å². The van der Waals surface area contributed by atoms with Crippen molar-refractivity contribution in [3.63, 3.8) is 0 Å². The van der Waals surface area contributed by atoms with Gasteiger partial charge in [-0.2, -0.15) is 0 Å². The van der Waals surface area contributed by atoms with E-state index in [1.54, 1.807) is 17.7 Å². The number of imide groups is 1. The van der Waals surface area contributed by atoms with Gasteiger partial charge in [-0.15, -0.1) is 0 Å². The fourth-order valence-corrected chi connectivity index (χ4v) is 3.82. The first-order valence-corrected chi connectivity index (χ1v) is 8.27. The molecule has 2 heterocycles. The van der Waals surface area contributed by atoms with Crippen LogP contribution in [0.5, 0.6) is 0 Å². The van der Waals surface area contributed by atoms with Crippen LogP contribution in [0.3, 0.4) is 0 Å². The number of nitrogens with zero attached hydrogens (tertiary/aromatic N) is 3. The molecule has 1 aromatic heterocycles. The molecule has 1 spiro atoms. The van der Waals surface area contributed by atoms with E-state index in [2.05, 4.69) is 10.3 Å². The number of aromatic nitrogens is 2. The van der Waals surface area contributed by atoms with Crippen LogP contribution in [0.4, 0.5) is 4.79 Å². The number of benzene rings is 1. The highest BCUT2D eigenvalue weighted by atomic mass is 35.5. The molecule has 0 bridgehead atoms. The summed E-state index contributed by atoms with van der Waals surface area (Å²) in [7, 11) is 1.74. The minimum atomic E-state index is -0.994. The van der Waals surface area contributed by atoms with E-state index in [1.165, 1.54) is 11.1 Å². The lowest BCUT2D eigenvalue weighted by Crippen LogP contribution is -2.41. The van der Waals surface area contributed by atoms with E-state index in [4.69, 9.17) is 23.2 Å². The summed E-state index contributed by atoms with van der Waals surface area (Å²) in [6.45, 7) is 0.0819. The number of urea groups is 1. The number of rotatable bonds is 2. The summed E-state index contributed by atoms with van der Waals surface area (Å²) in [6.07, 6.45) is 2.73. The molecule has 3 amide bonds. The highest BCUT2D eigenvalue weighted by Crippen LogP contribution is 2.42. The highest BCUT2D eigenvalue weighted by Gasteiger charge is 2.55. The van der Waals surface area contributed by atoms with Gasteiger partial charge in [0.2, 0.25) is 0 Å². The third-order valence-corrected chi connectivity index (χ3v) is 5.39. The molecule has 1 unspecified atom stereocenters. The maximum atomic E-state index is 13.0. The number of halogens is 2. The fraction of sp³-hybridized carbons (Fsp3) is 0.312. The summed E-state index contributed by atoms with van der Waals surface area (Å²) in [6, 6.07) is 5.01. The Morgan fingerprint density at radius 3 is 2.83 bits per heavy atom. The number of hydrogen-bond acceptors (Lipinski definition) is 3. The normalized spacial score (nSPS) is 22.4. The monoisotopic (exact) mass is 364 g/mol. The Morgan fingerprint density at radius 2 is 2.12 bits per heavy atom. The minimum Gasteiger partial charge on any atom is -0.321 e. The predicted octanol–water partition coefficient (Wildman–Crippen LogP) is 2.62. The Morgan fingerprint density at radius 1 is 1.33 bits per heavy atom. The largest absolute Gasteiger partial charge is 0.325 e. The van der Waals surface area contributed by atoms with Crippen molar-refractivity contribution in [2.24, 2.45) is 7.05 Å². The Kier molecular flexibility index (Phi) is 3.37. The number of fused-ring (bicyclic) bond motifs is 2. The van der Waals surface area contributed by atoms with Crippen LogP contribution >= 0.6 is 23.2 Å². The van der Waals surface area contributed by atoms with Crippen molar-refractivity contribution in [2.75, 3.05) is 0 Å². The lowest BCUT2D eigenvalue weighted by molar-refractivity contribution is -0.132. The highest BCUT2D eigenvalue weighted by molar-refractivity contribution is 6.30. The smallest absolute Gasteiger partial charge is 0.321 e. The molecule has 2 aromatic rings. The van der Waals surface area contributed by atoms with Gasteiger partial charge in [0.25, 0.3) is 5.91 Å². The Bertz CT molecular complexity index is 879.